The van der Waals surface area contributed by atoms with E-state index in [-0.39, 0.29) is 22.1 Å². The Morgan fingerprint density at radius 2 is 2.05 bits per heavy atom. The normalized spacial score (nSPS) is 15.4. The maximum absolute atomic E-state index is 12.1. The molecule has 1 amide bonds. The fourth-order valence-corrected chi connectivity index (χ4v) is 3.26. The van der Waals surface area contributed by atoms with E-state index in [1.165, 1.54) is 13.0 Å². The second kappa shape index (κ2) is 5.20. The van der Waals surface area contributed by atoms with Crippen LogP contribution in [0.15, 0.2) is 23.1 Å². The first-order valence-electron chi connectivity index (χ1n) is 6.13. The van der Waals surface area contributed by atoms with Gasteiger partial charge >= 0.3 is 0 Å². The minimum absolute atomic E-state index is 0.115. The zero-order valence-electron chi connectivity index (χ0n) is 10.8. The second-order valence-electron chi connectivity index (χ2n) is 4.80. The standard InChI is InChI=1S/C12H14N2O5S/c1-8-7-10(14(16)17)5-6-11(8)20(18,19)13-12(15)9-3-2-4-9/h5-7,9H,2-4H2,1H3,(H,13,15). The largest absolute Gasteiger partial charge is 0.274 e. The first-order valence-corrected chi connectivity index (χ1v) is 7.61. The van der Waals surface area contributed by atoms with Crippen LogP contribution in [0.1, 0.15) is 24.8 Å². The summed E-state index contributed by atoms with van der Waals surface area (Å²) in [7, 11) is -3.98. The number of aryl methyl sites for hydroxylation is 1. The fourth-order valence-electron chi connectivity index (χ4n) is 1.99. The Morgan fingerprint density at radius 3 is 2.50 bits per heavy atom. The van der Waals surface area contributed by atoms with Crippen LogP contribution in [-0.4, -0.2) is 19.2 Å². The van der Waals surface area contributed by atoms with E-state index in [4.69, 9.17) is 0 Å². The van der Waals surface area contributed by atoms with E-state index in [0.717, 1.165) is 18.6 Å². The molecule has 0 bridgehead atoms. The van der Waals surface area contributed by atoms with Crippen molar-refractivity contribution in [2.45, 2.75) is 31.1 Å². The molecule has 1 fully saturated rings. The van der Waals surface area contributed by atoms with Gasteiger partial charge in [-0.25, -0.2) is 13.1 Å². The van der Waals surface area contributed by atoms with Gasteiger partial charge in [0.05, 0.1) is 9.82 Å². The minimum atomic E-state index is -3.98. The predicted molar refractivity (Wildman–Crippen MR) is 70.5 cm³/mol. The number of benzene rings is 1. The number of amides is 1. The number of non-ortho nitro benzene ring substituents is 1. The lowest BCUT2D eigenvalue weighted by atomic mass is 9.85. The smallest absolute Gasteiger partial charge is 0.269 e. The zero-order valence-corrected chi connectivity index (χ0v) is 11.6. The lowest BCUT2D eigenvalue weighted by Crippen LogP contribution is -2.38. The quantitative estimate of drug-likeness (QED) is 0.669. The molecule has 8 heteroatoms. The van der Waals surface area contributed by atoms with E-state index in [1.54, 1.807) is 0 Å². The van der Waals surface area contributed by atoms with Gasteiger partial charge in [0.2, 0.25) is 5.91 Å². The lowest BCUT2D eigenvalue weighted by molar-refractivity contribution is -0.385. The molecule has 0 heterocycles. The molecular formula is C12H14N2O5S. The summed E-state index contributed by atoms with van der Waals surface area (Å²) >= 11 is 0. The van der Waals surface area contributed by atoms with Crippen molar-refractivity contribution in [3.63, 3.8) is 0 Å². The van der Waals surface area contributed by atoms with Crippen LogP contribution in [0.4, 0.5) is 5.69 Å². The van der Waals surface area contributed by atoms with Gasteiger partial charge in [-0.2, -0.15) is 0 Å². The Hall–Kier alpha value is -1.96. The van der Waals surface area contributed by atoms with Crippen LogP contribution in [0.3, 0.4) is 0 Å². The SMILES string of the molecule is Cc1cc([N+](=O)[O-])ccc1S(=O)(=O)NC(=O)C1CCC1. The van der Waals surface area contributed by atoms with Crippen LogP contribution in [0.25, 0.3) is 0 Å². The molecule has 0 atom stereocenters. The van der Waals surface area contributed by atoms with E-state index in [9.17, 15) is 23.3 Å². The van der Waals surface area contributed by atoms with Crippen LogP contribution in [0.2, 0.25) is 0 Å². The van der Waals surface area contributed by atoms with E-state index >= 15 is 0 Å². The topological polar surface area (TPSA) is 106 Å². The van der Waals surface area contributed by atoms with Crippen molar-refractivity contribution in [3.05, 3.63) is 33.9 Å². The van der Waals surface area contributed by atoms with Crippen LogP contribution in [-0.2, 0) is 14.8 Å². The molecule has 1 aliphatic rings. The Balaban J connectivity index is 2.25. The number of rotatable bonds is 4. The lowest BCUT2D eigenvalue weighted by Gasteiger charge is -2.24. The molecule has 7 nitrogen and oxygen atoms in total. The van der Waals surface area contributed by atoms with Gasteiger partial charge in [0.1, 0.15) is 0 Å². The molecule has 1 aromatic rings. The van der Waals surface area contributed by atoms with Crippen LogP contribution >= 0.6 is 0 Å². The summed E-state index contributed by atoms with van der Waals surface area (Å²) in [6.07, 6.45) is 2.32. The molecule has 0 aromatic heterocycles. The van der Waals surface area contributed by atoms with Gasteiger partial charge < -0.3 is 0 Å². The third-order valence-electron chi connectivity index (χ3n) is 3.37. The number of sulfonamides is 1. The fraction of sp³-hybridized carbons (Fsp3) is 0.417. The zero-order chi connectivity index (χ0) is 14.9. The molecule has 20 heavy (non-hydrogen) atoms. The predicted octanol–water partition coefficient (Wildman–Crippen LogP) is 1.51. The Kier molecular flexibility index (Phi) is 3.76. The Morgan fingerprint density at radius 1 is 1.40 bits per heavy atom. The number of carbonyl (C=O) groups excluding carboxylic acids is 1. The molecule has 1 saturated carbocycles. The summed E-state index contributed by atoms with van der Waals surface area (Å²) in [5.41, 5.74) is 0.0416. The molecule has 108 valence electrons. The third-order valence-corrected chi connectivity index (χ3v) is 4.88. The molecule has 1 N–H and O–H groups in total. The highest BCUT2D eigenvalue weighted by Gasteiger charge is 2.29. The highest BCUT2D eigenvalue weighted by molar-refractivity contribution is 7.90. The van der Waals surface area contributed by atoms with Gasteiger partial charge in [-0.15, -0.1) is 0 Å². The summed E-state index contributed by atoms with van der Waals surface area (Å²) in [5.74, 6) is -0.753. The number of nitrogens with zero attached hydrogens (tertiary/aromatic N) is 1. The maximum Gasteiger partial charge on any atom is 0.269 e. The van der Waals surface area contributed by atoms with Crippen molar-refractivity contribution < 1.29 is 18.1 Å². The number of nitrogens with one attached hydrogen (secondary N) is 1. The van der Waals surface area contributed by atoms with Crippen LogP contribution < -0.4 is 4.72 Å². The maximum atomic E-state index is 12.1. The van der Waals surface area contributed by atoms with Gasteiger partial charge in [-0.1, -0.05) is 6.42 Å². The van der Waals surface area contributed by atoms with E-state index in [1.807, 2.05) is 4.72 Å². The molecule has 0 aliphatic heterocycles. The van der Waals surface area contributed by atoms with Crippen molar-refractivity contribution in [1.29, 1.82) is 0 Å². The average molecular weight is 298 g/mol. The van der Waals surface area contributed by atoms with Crippen LogP contribution in [0.5, 0.6) is 0 Å². The molecular weight excluding hydrogens is 284 g/mol. The second-order valence-corrected chi connectivity index (χ2v) is 6.46. The van der Waals surface area contributed by atoms with Crippen molar-refractivity contribution in [2.24, 2.45) is 5.92 Å². The third kappa shape index (κ3) is 2.79. The summed E-state index contributed by atoms with van der Waals surface area (Å²) in [6.45, 7) is 1.45. The van der Waals surface area contributed by atoms with E-state index in [2.05, 4.69) is 0 Å². The summed E-state index contributed by atoms with van der Waals surface area (Å²) in [4.78, 5) is 21.6. The van der Waals surface area contributed by atoms with Crippen molar-refractivity contribution in [1.82, 2.24) is 4.72 Å². The highest BCUT2D eigenvalue weighted by Crippen LogP contribution is 2.27. The summed E-state index contributed by atoms with van der Waals surface area (Å²) < 4.78 is 26.2. The average Bonchev–Trinajstić information content (AvgIpc) is 2.24. The van der Waals surface area contributed by atoms with Crippen molar-refractivity contribution >= 4 is 21.6 Å². The molecule has 0 radical (unpaired) electrons. The number of hydrogen-bond acceptors (Lipinski definition) is 5. The van der Waals surface area contributed by atoms with E-state index in [0.29, 0.717) is 12.8 Å². The first kappa shape index (κ1) is 14.4. The molecule has 0 saturated heterocycles. The number of carbonyl (C=O) groups is 1. The number of nitro groups is 1. The minimum Gasteiger partial charge on any atom is -0.274 e. The molecule has 1 aromatic carbocycles. The van der Waals surface area contributed by atoms with Gasteiger partial charge in [0.25, 0.3) is 15.7 Å². The van der Waals surface area contributed by atoms with Gasteiger partial charge in [0.15, 0.2) is 0 Å². The number of nitro benzene ring substituents is 1. The van der Waals surface area contributed by atoms with Crippen LogP contribution in [0, 0.1) is 23.0 Å². The van der Waals surface area contributed by atoms with Crippen molar-refractivity contribution in [2.75, 3.05) is 0 Å². The van der Waals surface area contributed by atoms with Gasteiger partial charge in [0, 0.05) is 18.1 Å². The van der Waals surface area contributed by atoms with Gasteiger partial charge in [-0.05, 0) is 31.4 Å². The molecule has 0 unspecified atom stereocenters. The monoisotopic (exact) mass is 298 g/mol. The molecule has 0 spiro atoms. The van der Waals surface area contributed by atoms with Crippen molar-refractivity contribution in [3.8, 4) is 0 Å². The highest BCUT2D eigenvalue weighted by atomic mass is 32.2. The first-order chi connectivity index (χ1) is 9.31. The Labute approximate surface area is 116 Å². The Bertz CT molecular complexity index is 664. The number of hydrogen-bond donors (Lipinski definition) is 1. The molecule has 2 rings (SSSR count). The summed E-state index contributed by atoms with van der Waals surface area (Å²) in [5, 5.41) is 10.6. The van der Waals surface area contributed by atoms with Gasteiger partial charge in [-0.3, -0.25) is 14.9 Å². The summed E-state index contributed by atoms with van der Waals surface area (Å²) in [6, 6.07) is 3.42. The molecule has 1 aliphatic carbocycles. The van der Waals surface area contributed by atoms with E-state index < -0.39 is 20.9 Å².